The number of amides is 2. The summed E-state index contributed by atoms with van der Waals surface area (Å²) < 4.78 is 7.58. The molecule has 4 rings (SSSR count). The molecule has 0 saturated carbocycles. The molecule has 0 unspecified atom stereocenters. The van der Waals surface area contributed by atoms with Crippen molar-refractivity contribution < 1.29 is 9.53 Å². The first-order valence-corrected chi connectivity index (χ1v) is 10.6. The highest BCUT2D eigenvalue weighted by Crippen LogP contribution is 2.24. The maximum atomic E-state index is 12.3. The Balaban J connectivity index is 1.32. The van der Waals surface area contributed by atoms with Crippen molar-refractivity contribution in [3.05, 3.63) is 84.4 Å². The topological polar surface area (TPSA) is 94.0 Å². The molecular weight excluding hydrogens is 416 g/mol. The van der Waals surface area contributed by atoms with Crippen LogP contribution in [0.1, 0.15) is 32.2 Å². The highest BCUT2D eigenvalue weighted by Gasteiger charge is 2.13. The van der Waals surface area contributed by atoms with Gasteiger partial charge < -0.3 is 15.4 Å². The molecule has 2 heterocycles. The molecule has 2 amide bonds. The zero-order valence-corrected chi connectivity index (χ0v) is 19.0. The highest BCUT2D eigenvalue weighted by molar-refractivity contribution is 5.99. The average molecular weight is 443 g/mol. The van der Waals surface area contributed by atoms with Crippen LogP contribution < -0.4 is 15.4 Å². The predicted octanol–water partition coefficient (Wildman–Crippen LogP) is 5.70. The van der Waals surface area contributed by atoms with Crippen LogP contribution in [0.5, 0.6) is 11.6 Å². The minimum atomic E-state index is -0.316. The number of anilines is 2. The van der Waals surface area contributed by atoms with E-state index in [-0.39, 0.29) is 11.4 Å². The Labute approximate surface area is 192 Å². The Morgan fingerprint density at radius 3 is 2.03 bits per heavy atom. The van der Waals surface area contributed by atoms with Gasteiger partial charge in [0.25, 0.3) is 0 Å². The fraction of sp³-hybridized carbons (Fsp3) is 0.200. The van der Waals surface area contributed by atoms with E-state index in [1.165, 1.54) is 5.56 Å². The van der Waals surface area contributed by atoms with E-state index in [0.717, 1.165) is 11.5 Å². The Bertz CT molecular complexity index is 1220. The molecule has 0 fully saturated rings. The first kappa shape index (κ1) is 22.0. The molecule has 168 valence electrons. The van der Waals surface area contributed by atoms with E-state index in [4.69, 9.17) is 4.74 Å². The molecule has 0 saturated heterocycles. The van der Waals surface area contributed by atoms with Crippen LogP contribution in [0.15, 0.2) is 73.1 Å². The van der Waals surface area contributed by atoms with Crippen LogP contribution in [-0.2, 0) is 5.41 Å². The number of benzene rings is 2. The van der Waals surface area contributed by atoms with Gasteiger partial charge >= 0.3 is 6.03 Å². The molecule has 0 aliphatic heterocycles. The molecule has 4 aromatic rings. The maximum absolute atomic E-state index is 12.3. The lowest BCUT2D eigenvalue weighted by Gasteiger charge is -2.19. The number of nitrogens with zero attached hydrogens (tertiary/aromatic N) is 4. The van der Waals surface area contributed by atoms with Gasteiger partial charge in [-0.2, -0.15) is 0 Å². The van der Waals surface area contributed by atoms with E-state index in [0.29, 0.717) is 23.1 Å². The summed E-state index contributed by atoms with van der Waals surface area (Å²) in [5, 5.41) is 13.9. The number of nitrogens with one attached hydrogen (secondary N) is 2. The lowest BCUT2D eigenvalue weighted by atomic mass is 9.87. The lowest BCUT2D eigenvalue weighted by molar-refractivity contribution is 0.262. The van der Waals surface area contributed by atoms with Gasteiger partial charge in [0.2, 0.25) is 5.88 Å². The minimum absolute atomic E-state index is 0.0668. The monoisotopic (exact) mass is 442 g/mol. The first-order chi connectivity index (χ1) is 15.8. The van der Waals surface area contributed by atoms with Crippen molar-refractivity contribution in [3.63, 3.8) is 0 Å². The van der Waals surface area contributed by atoms with Crippen LogP contribution in [0.25, 0.3) is 5.82 Å². The zero-order chi connectivity index (χ0) is 23.4. The molecule has 0 aliphatic rings. The largest absolute Gasteiger partial charge is 0.438 e. The second-order valence-electron chi connectivity index (χ2n) is 8.61. The van der Waals surface area contributed by atoms with Crippen LogP contribution in [0.4, 0.5) is 16.2 Å². The van der Waals surface area contributed by atoms with Crippen molar-refractivity contribution in [2.75, 3.05) is 10.6 Å². The Hall–Kier alpha value is -4.20. The Morgan fingerprint density at radius 2 is 1.52 bits per heavy atom. The summed E-state index contributed by atoms with van der Waals surface area (Å²) in [4.78, 5) is 16.5. The predicted molar refractivity (Wildman–Crippen MR) is 128 cm³/mol. The molecule has 0 atom stereocenters. The fourth-order valence-electron chi connectivity index (χ4n) is 3.19. The van der Waals surface area contributed by atoms with Gasteiger partial charge in [-0.05, 0) is 60.4 Å². The van der Waals surface area contributed by atoms with Crippen molar-refractivity contribution >= 4 is 17.4 Å². The van der Waals surface area contributed by atoms with E-state index in [1.54, 1.807) is 36.5 Å². The zero-order valence-electron chi connectivity index (χ0n) is 19.0. The van der Waals surface area contributed by atoms with Crippen LogP contribution in [0.3, 0.4) is 0 Å². The highest BCUT2D eigenvalue weighted by atomic mass is 16.5. The van der Waals surface area contributed by atoms with Crippen molar-refractivity contribution in [2.45, 2.75) is 33.1 Å². The summed E-state index contributed by atoms with van der Waals surface area (Å²) in [7, 11) is 0. The minimum Gasteiger partial charge on any atom is -0.438 e. The van der Waals surface area contributed by atoms with Crippen LogP contribution in [-0.4, -0.2) is 25.8 Å². The molecule has 0 aliphatic carbocycles. The van der Waals surface area contributed by atoms with Crippen molar-refractivity contribution in [2.24, 2.45) is 0 Å². The number of imidazole rings is 1. The van der Waals surface area contributed by atoms with Gasteiger partial charge in [-0.25, -0.2) is 9.78 Å². The number of carbonyl (C=O) groups is 1. The van der Waals surface area contributed by atoms with Gasteiger partial charge in [0.1, 0.15) is 11.6 Å². The van der Waals surface area contributed by atoms with Gasteiger partial charge in [0.05, 0.1) is 0 Å². The third-order valence-electron chi connectivity index (χ3n) is 5.04. The van der Waals surface area contributed by atoms with Gasteiger partial charge in [0, 0.05) is 29.8 Å². The van der Waals surface area contributed by atoms with E-state index < -0.39 is 0 Å². The van der Waals surface area contributed by atoms with E-state index in [2.05, 4.69) is 46.6 Å². The van der Waals surface area contributed by atoms with Crippen molar-refractivity contribution in [3.8, 4) is 17.4 Å². The number of hydrogen-bond acceptors (Lipinski definition) is 5. The van der Waals surface area contributed by atoms with Crippen LogP contribution in [0.2, 0.25) is 0 Å². The second kappa shape index (κ2) is 9.12. The van der Waals surface area contributed by atoms with Gasteiger partial charge in [-0.15, -0.1) is 10.2 Å². The molecule has 8 nitrogen and oxygen atoms in total. The third-order valence-corrected chi connectivity index (χ3v) is 5.04. The van der Waals surface area contributed by atoms with Crippen LogP contribution in [0, 0.1) is 6.92 Å². The Morgan fingerprint density at radius 1 is 0.879 bits per heavy atom. The number of urea groups is 1. The van der Waals surface area contributed by atoms with E-state index in [9.17, 15) is 4.79 Å². The number of ether oxygens (including phenoxy) is 1. The summed E-state index contributed by atoms with van der Waals surface area (Å²) in [5.74, 6) is 2.44. The molecule has 0 spiro atoms. The number of hydrogen-bond donors (Lipinski definition) is 2. The maximum Gasteiger partial charge on any atom is 0.323 e. The lowest BCUT2D eigenvalue weighted by Crippen LogP contribution is -2.19. The summed E-state index contributed by atoms with van der Waals surface area (Å²) in [6, 6.07) is 18.1. The molecular formula is C25H26N6O2. The second-order valence-corrected chi connectivity index (χ2v) is 8.61. The normalized spacial score (nSPS) is 11.2. The summed E-state index contributed by atoms with van der Waals surface area (Å²) in [6.07, 6.45) is 3.53. The quantitative estimate of drug-likeness (QED) is 0.413. The van der Waals surface area contributed by atoms with Crippen LogP contribution >= 0.6 is 0 Å². The fourth-order valence-corrected chi connectivity index (χ4v) is 3.19. The SMILES string of the molecule is Cc1nccn1-c1ccc(Oc2ccc(NC(=O)Nc3ccc(C(C)(C)C)cc3)cc2)nn1. The number of rotatable bonds is 5. The average Bonchev–Trinajstić information content (AvgIpc) is 3.21. The third kappa shape index (κ3) is 5.54. The van der Waals surface area contributed by atoms with Crippen molar-refractivity contribution in [1.82, 2.24) is 19.7 Å². The van der Waals surface area contributed by atoms with E-state index in [1.807, 2.05) is 48.0 Å². The molecule has 2 aromatic carbocycles. The first-order valence-electron chi connectivity index (χ1n) is 10.6. The Kier molecular flexibility index (Phi) is 6.08. The molecule has 33 heavy (non-hydrogen) atoms. The number of carbonyl (C=O) groups excluding carboxylic acids is 1. The molecule has 2 aromatic heterocycles. The number of aryl methyl sites for hydroxylation is 1. The summed E-state index contributed by atoms with van der Waals surface area (Å²) >= 11 is 0. The number of aromatic nitrogens is 4. The molecule has 0 bridgehead atoms. The smallest absolute Gasteiger partial charge is 0.323 e. The van der Waals surface area contributed by atoms with Gasteiger partial charge in [0.15, 0.2) is 5.82 Å². The molecule has 8 heteroatoms. The summed E-state index contributed by atoms with van der Waals surface area (Å²) in [5.41, 5.74) is 2.65. The summed E-state index contributed by atoms with van der Waals surface area (Å²) in [6.45, 7) is 8.35. The van der Waals surface area contributed by atoms with Crippen molar-refractivity contribution in [1.29, 1.82) is 0 Å². The molecule has 2 N–H and O–H groups in total. The van der Waals surface area contributed by atoms with Gasteiger partial charge in [-0.3, -0.25) is 4.57 Å². The standard InChI is InChI=1S/C25H26N6O2/c1-17-26-15-16-31(17)22-13-14-23(30-29-22)33-21-11-9-20(10-12-21)28-24(32)27-19-7-5-18(6-8-19)25(2,3)4/h5-16H,1-4H3,(H2,27,28,32). The van der Waals surface area contributed by atoms with E-state index >= 15 is 0 Å². The van der Waals surface area contributed by atoms with Gasteiger partial charge in [-0.1, -0.05) is 32.9 Å². The molecule has 0 radical (unpaired) electrons.